The van der Waals surface area contributed by atoms with Crippen molar-refractivity contribution in [3.8, 4) is 11.5 Å². The van der Waals surface area contributed by atoms with Gasteiger partial charge < -0.3 is 9.40 Å². The number of pyridine rings is 1. The van der Waals surface area contributed by atoms with Gasteiger partial charge in [0.25, 0.3) is 5.22 Å². The molecule has 0 unspecified atom stereocenters. The number of H-pyrrole nitrogens is 1. The fraction of sp³-hybridized carbons (Fsp3) is 0. The van der Waals surface area contributed by atoms with Gasteiger partial charge in [-0.15, -0.1) is 5.10 Å². The van der Waals surface area contributed by atoms with Gasteiger partial charge in [-0.05, 0) is 22.9 Å². The monoisotopic (exact) mass is 329 g/mol. The normalized spacial score (nSPS) is 11.1. The molecule has 22 heavy (non-hydrogen) atoms. The summed E-state index contributed by atoms with van der Waals surface area (Å²) in [5, 5.41) is 9.24. The van der Waals surface area contributed by atoms with E-state index < -0.39 is 0 Å². The zero-order valence-electron chi connectivity index (χ0n) is 10.9. The summed E-state index contributed by atoms with van der Waals surface area (Å²) < 4.78 is 5.61. The van der Waals surface area contributed by atoms with Crippen LogP contribution in [0.25, 0.3) is 22.6 Å². The van der Waals surface area contributed by atoms with Crippen LogP contribution in [0.4, 0.5) is 0 Å². The second kappa shape index (κ2) is 5.73. The van der Waals surface area contributed by atoms with Crippen molar-refractivity contribution in [2.75, 3.05) is 0 Å². The number of nitrogens with one attached hydrogen (secondary N) is 1. The van der Waals surface area contributed by atoms with Crippen molar-refractivity contribution >= 4 is 32.8 Å². The van der Waals surface area contributed by atoms with E-state index in [0.717, 1.165) is 16.1 Å². The topological polar surface area (TPSA) is 106 Å². The van der Waals surface area contributed by atoms with Gasteiger partial charge in [0.1, 0.15) is 16.9 Å². The molecule has 1 N–H and O–H groups in total. The largest absolute Gasteiger partial charge is 0.411 e. The van der Waals surface area contributed by atoms with Crippen molar-refractivity contribution in [2.24, 2.45) is 0 Å². The van der Waals surface area contributed by atoms with Gasteiger partial charge in [-0.1, -0.05) is 5.10 Å². The first kappa shape index (κ1) is 13.2. The van der Waals surface area contributed by atoms with Crippen LogP contribution in [-0.4, -0.2) is 35.1 Å². The van der Waals surface area contributed by atoms with Crippen molar-refractivity contribution in [1.82, 2.24) is 35.1 Å². The molecule has 4 heterocycles. The van der Waals surface area contributed by atoms with E-state index in [0.29, 0.717) is 16.8 Å². The summed E-state index contributed by atoms with van der Waals surface area (Å²) in [4.78, 5) is 19.3. The van der Waals surface area contributed by atoms with Crippen LogP contribution in [0.3, 0.4) is 0 Å². The molecule has 0 aliphatic rings. The van der Waals surface area contributed by atoms with Crippen molar-refractivity contribution < 1.29 is 4.42 Å². The Morgan fingerprint density at radius 1 is 1.00 bits per heavy atom. The molecule has 8 nitrogen and oxygen atoms in total. The van der Waals surface area contributed by atoms with E-state index >= 15 is 0 Å². The Bertz CT molecular complexity index is 908. The summed E-state index contributed by atoms with van der Waals surface area (Å²) in [6, 6.07) is 3.63. The van der Waals surface area contributed by atoms with Gasteiger partial charge in [-0.2, -0.15) is 0 Å². The van der Waals surface area contributed by atoms with Gasteiger partial charge in [0, 0.05) is 28.8 Å². The first-order valence-electron chi connectivity index (χ1n) is 6.12. The minimum Gasteiger partial charge on any atom is -0.411 e. The van der Waals surface area contributed by atoms with Gasteiger partial charge in [0.15, 0.2) is 5.65 Å². The maximum absolute atomic E-state index is 5.61. The average Bonchev–Trinajstić information content (AvgIpc) is 3.23. The van der Waals surface area contributed by atoms with Gasteiger partial charge in [-0.3, -0.25) is 4.98 Å². The highest BCUT2D eigenvalue weighted by Crippen LogP contribution is 2.38. The first-order chi connectivity index (χ1) is 10.9. The number of nitrogens with zero attached hydrogens (tertiary/aromatic N) is 6. The molecule has 0 fully saturated rings. The number of hydrogen-bond acceptors (Lipinski definition) is 9. The fourth-order valence-corrected chi connectivity index (χ4v) is 3.43. The highest BCUT2D eigenvalue weighted by molar-refractivity contribution is 8.76. The zero-order valence-corrected chi connectivity index (χ0v) is 12.5. The highest BCUT2D eigenvalue weighted by atomic mass is 33.1. The van der Waals surface area contributed by atoms with E-state index in [1.807, 2.05) is 12.1 Å². The smallest absolute Gasteiger partial charge is 0.288 e. The summed E-state index contributed by atoms with van der Waals surface area (Å²) in [5.41, 5.74) is 2.24. The second-order valence-electron chi connectivity index (χ2n) is 4.06. The lowest BCUT2D eigenvalue weighted by molar-refractivity contribution is 0.467. The number of aromatic amines is 1. The minimum atomic E-state index is 0.447. The van der Waals surface area contributed by atoms with Crippen LogP contribution in [0.5, 0.6) is 0 Å². The quantitative estimate of drug-likeness (QED) is 0.446. The Morgan fingerprint density at radius 3 is 2.82 bits per heavy atom. The Kier molecular flexibility index (Phi) is 3.45. The molecule has 108 valence electrons. The lowest BCUT2D eigenvalue weighted by Gasteiger charge is -1.97. The van der Waals surface area contributed by atoms with Gasteiger partial charge >= 0.3 is 0 Å². The van der Waals surface area contributed by atoms with Crippen molar-refractivity contribution in [2.45, 2.75) is 10.2 Å². The molecule has 4 aromatic heterocycles. The highest BCUT2D eigenvalue weighted by Gasteiger charge is 2.12. The predicted octanol–water partition coefficient (Wildman–Crippen LogP) is 2.60. The van der Waals surface area contributed by atoms with E-state index in [-0.39, 0.29) is 0 Å². The second-order valence-corrected chi connectivity index (χ2v) is 6.12. The van der Waals surface area contributed by atoms with E-state index in [1.54, 1.807) is 18.7 Å². The van der Waals surface area contributed by atoms with Crippen molar-refractivity contribution in [1.29, 1.82) is 0 Å². The lowest BCUT2D eigenvalue weighted by atomic mass is 10.3. The van der Waals surface area contributed by atoms with E-state index in [2.05, 4.69) is 35.1 Å². The van der Waals surface area contributed by atoms with Crippen LogP contribution < -0.4 is 0 Å². The summed E-state index contributed by atoms with van der Waals surface area (Å²) in [6.07, 6.45) is 6.42. The summed E-state index contributed by atoms with van der Waals surface area (Å²) in [5.74, 6) is 0.458. The zero-order chi connectivity index (χ0) is 14.8. The molecule has 0 spiro atoms. The van der Waals surface area contributed by atoms with Gasteiger partial charge in [0.2, 0.25) is 5.89 Å². The Morgan fingerprint density at radius 2 is 1.91 bits per heavy atom. The lowest BCUT2D eigenvalue weighted by Crippen LogP contribution is -1.84. The molecule has 4 rings (SSSR count). The maximum atomic E-state index is 5.61. The third-order valence-electron chi connectivity index (χ3n) is 2.71. The molecule has 0 radical (unpaired) electrons. The molecule has 0 amide bonds. The number of fused-ring (bicyclic) bond motifs is 1. The van der Waals surface area contributed by atoms with Gasteiger partial charge in [0.05, 0.1) is 6.33 Å². The minimum absolute atomic E-state index is 0.447. The van der Waals surface area contributed by atoms with E-state index in [1.165, 1.54) is 27.9 Å². The molecule has 0 aliphatic carbocycles. The number of aromatic nitrogens is 7. The third kappa shape index (κ3) is 2.53. The number of imidazole rings is 1. The summed E-state index contributed by atoms with van der Waals surface area (Å²) in [7, 11) is 2.73. The Balaban J connectivity index is 1.53. The average molecular weight is 329 g/mol. The fourth-order valence-electron chi connectivity index (χ4n) is 1.74. The van der Waals surface area contributed by atoms with Crippen LogP contribution in [0.15, 0.2) is 51.8 Å². The molecule has 0 aliphatic heterocycles. The molecule has 10 heteroatoms. The molecule has 4 aromatic rings. The van der Waals surface area contributed by atoms with E-state index in [9.17, 15) is 0 Å². The molecule has 0 atom stereocenters. The Hall–Kier alpha value is -2.46. The number of hydrogen-bond donors (Lipinski definition) is 1. The standard InChI is InChI=1S/C12H7N7OS2/c1-3-13-4-2-7(1)10-18-19-12(20-10)22-21-11-8-9(15-5-14-8)16-6-17-11/h1-6H,(H,14,15,16,17). The number of rotatable bonds is 4. The first-order valence-corrected chi connectivity index (χ1v) is 8.27. The van der Waals surface area contributed by atoms with Crippen LogP contribution in [0.1, 0.15) is 0 Å². The molecule has 0 saturated carbocycles. The summed E-state index contributed by atoms with van der Waals surface area (Å²) >= 11 is 0. The molecular formula is C12H7N7OS2. The van der Waals surface area contributed by atoms with Crippen LogP contribution in [-0.2, 0) is 0 Å². The van der Waals surface area contributed by atoms with Crippen LogP contribution in [0, 0.1) is 0 Å². The summed E-state index contributed by atoms with van der Waals surface area (Å²) in [6.45, 7) is 0. The van der Waals surface area contributed by atoms with E-state index in [4.69, 9.17) is 4.42 Å². The maximum Gasteiger partial charge on any atom is 0.288 e. The molecule has 0 aromatic carbocycles. The van der Waals surface area contributed by atoms with Crippen LogP contribution >= 0.6 is 21.6 Å². The van der Waals surface area contributed by atoms with Crippen molar-refractivity contribution in [3.63, 3.8) is 0 Å². The van der Waals surface area contributed by atoms with Crippen LogP contribution in [0.2, 0.25) is 0 Å². The Labute approximate surface area is 131 Å². The molecular weight excluding hydrogens is 322 g/mol. The van der Waals surface area contributed by atoms with Gasteiger partial charge in [-0.25, -0.2) is 15.0 Å². The van der Waals surface area contributed by atoms with Crippen molar-refractivity contribution in [3.05, 3.63) is 37.2 Å². The molecule has 0 bridgehead atoms. The SMILES string of the molecule is c1cc(-c2nnc(SSc3ncnc4nc[nH]c34)o2)ccn1. The molecule has 0 saturated heterocycles. The predicted molar refractivity (Wildman–Crippen MR) is 80.9 cm³/mol. The third-order valence-corrected chi connectivity index (χ3v) is 4.72.